The summed E-state index contributed by atoms with van der Waals surface area (Å²) in [7, 11) is 1.48. The molecule has 7 rings (SSSR count). The van der Waals surface area contributed by atoms with Crippen molar-refractivity contribution in [3.05, 3.63) is 129 Å². The van der Waals surface area contributed by atoms with Gasteiger partial charge in [0.1, 0.15) is 29.4 Å². The number of carbonyl (C=O) groups is 2. The Labute approximate surface area is 349 Å². The van der Waals surface area contributed by atoms with E-state index in [1.54, 1.807) is 12.1 Å². The smallest absolute Gasteiger partial charge is 0.425 e. The number of hydrogen-bond donors (Lipinski definition) is 1. The topological polar surface area (TPSA) is 147 Å². The van der Waals surface area contributed by atoms with Gasteiger partial charge in [0.2, 0.25) is 0 Å². The summed E-state index contributed by atoms with van der Waals surface area (Å²) in [6, 6.07) is 10.7. The summed E-state index contributed by atoms with van der Waals surface area (Å²) < 4.78 is 100. The molecule has 0 saturated carbocycles. The lowest BCUT2D eigenvalue weighted by molar-refractivity contribution is -0.274. The minimum absolute atomic E-state index is 0.0267. The Kier molecular flexibility index (Phi) is 13.1. The molecule has 3 aromatic carbocycles. The van der Waals surface area contributed by atoms with Crippen molar-refractivity contribution < 1.29 is 50.1 Å². The fraction of sp³-hybridized carbons (Fsp3) is 0.302. The number of nitrogens with one attached hydrogen (secondary N) is 1. The number of ether oxygens (including phenoxy) is 3. The van der Waals surface area contributed by atoms with Crippen molar-refractivity contribution in [3.63, 3.8) is 0 Å². The van der Waals surface area contributed by atoms with Gasteiger partial charge in [0, 0.05) is 50.4 Å². The Morgan fingerprint density at radius 2 is 1.68 bits per heavy atom. The maximum atomic E-state index is 15.9. The zero-order valence-electron chi connectivity index (χ0n) is 33.9. The summed E-state index contributed by atoms with van der Waals surface area (Å²) in [4.78, 5) is 64.8. The number of esters is 1. The van der Waals surface area contributed by atoms with Gasteiger partial charge < -0.3 is 24.4 Å². The van der Waals surface area contributed by atoms with Crippen molar-refractivity contribution in [1.82, 2.24) is 24.4 Å². The fourth-order valence-corrected chi connectivity index (χ4v) is 7.13. The van der Waals surface area contributed by atoms with Gasteiger partial charge in [-0.25, -0.2) is 27.3 Å². The number of fused-ring (bicyclic) bond motifs is 2. The number of benzene rings is 3. The zero-order chi connectivity index (χ0) is 45.1. The average Bonchev–Trinajstić information content (AvgIpc) is 3.23. The molecule has 13 nitrogen and oxygen atoms in total. The highest BCUT2D eigenvalue weighted by Gasteiger charge is 2.41. The molecule has 1 amide bonds. The molecule has 19 heteroatoms. The van der Waals surface area contributed by atoms with Crippen LogP contribution in [0, 0.1) is 12.7 Å². The molecule has 2 atom stereocenters. The zero-order valence-corrected chi connectivity index (χ0v) is 33.9. The van der Waals surface area contributed by atoms with Crippen molar-refractivity contribution in [2.24, 2.45) is 7.05 Å². The summed E-state index contributed by atoms with van der Waals surface area (Å²) in [5.74, 6) is -7.29. The van der Waals surface area contributed by atoms with Gasteiger partial charge in [-0.3, -0.25) is 24.1 Å². The molecule has 1 aliphatic heterocycles. The number of aryl methyl sites for hydroxylation is 2. The molecule has 1 unspecified atom stereocenters. The van der Waals surface area contributed by atoms with Crippen LogP contribution in [-0.2, 0) is 23.0 Å². The van der Waals surface area contributed by atoms with Gasteiger partial charge in [-0.2, -0.15) is 0 Å². The average molecular weight is 867 g/mol. The second kappa shape index (κ2) is 18.1. The summed E-state index contributed by atoms with van der Waals surface area (Å²) in [6.45, 7) is 5.94. The molecule has 0 bridgehead atoms. The molecule has 0 spiro atoms. The normalized spacial score (nSPS) is 14.8. The molecule has 3 aromatic heterocycles. The second-order valence-electron chi connectivity index (χ2n) is 14.0. The van der Waals surface area contributed by atoms with Crippen molar-refractivity contribution in [1.29, 1.82) is 0 Å². The van der Waals surface area contributed by atoms with Crippen LogP contribution in [0.5, 0.6) is 11.5 Å². The van der Waals surface area contributed by atoms with Crippen molar-refractivity contribution in [3.8, 4) is 17.2 Å². The predicted octanol–water partition coefficient (Wildman–Crippen LogP) is 6.81. The summed E-state index contributed by atoms with van der Waals surface area (Å²) in [5, 5.41) is 3.05. The van der Waals surface area contributed by atoms with Crippen LogP contribution in [0.1, 0.15) is 42.3 Å². The molecular formula is C43H40F6N6O7. The van der Waals surface area contributed by atoms with Gasteiger partial charge in [0.05, 0.1) is 47.1 Å². The standard InChI is InChI=1S/C41H34F6N6O7.C2H6/c1-22-17-24(52-15-16-58-21-33(52)40(2,43)44)19-29(42)34(22)36(54)50-30(38(56)59-25-7-9-26(10-8-25)60-41(45,46)47)18-23-6-11-31(35-27(23)5-4-13-49-35)53-37(55)28-12-14-48-20-32(28)51(3)39(53)57;1-2/h4-14,17,19-20,30,33H,15-16,18,21H2,1-3H3,(H,50,54);1-2H3/t30?,33-;/m1./s1. The quantitative estimate of drug-likeness (QED) is 0.0885. The number of rotatable bonds is 10. The lowest BCUT2D eigenvalue weighted by atomic mass is 9.98. The van der Waals surface area contributed by atoms with Crippen LogP contribution in [0.2, 0.25) is 0 Å². The minimum Gasteiger partial charge on any atom is -0.425 e. The highest BCUT2D eigenvalue weighted by atomic mass is 19.4. The molecule has 0 radical (unpaired) electrons. The van der Waals surface area contributed by atoms with Crippen LogP contribution >= 0.6 is 0 Å². The Morgan fingerprint density at radius 3 is 2.35 bits per heavy atom. The fourth-order valence-electron chi connectivity index (χ4n) is 7.13. The van der Waals surface area contributed by atoms with Crippen LogP contribution in [0.25, 0.3) is 27.5 Å². The Hall–Kier alpha value is -6.76. The van der Waals surface area contributed by atoms with Gasteiger partial charge in [-0.1, -0.05) is 26.0 Å². The van der Waals surface area contributed by atoms with E-state index < -0.39 is 64.6 Å². The third-order valence-electron chi connectivity index (χ3n) is 9.99. The number of halogens is 6. The Morgan fingerprint density at radius 1 is 0.968 bits per heavy atom. The molecule has 4 heterocycles. The van der Waals surface area contributed by atoms with Crippen LogP contribution in [0.3, 0.4) is 0 Å². The van der Waals surface area contributed by atoms with Gasteiger partial charge in [0.15, 0.2) is 0 Å². The number of morpholine rings is 1. The van der Waals surface area contributed by atoms with Crippen LogP contribution in [0.15, 0.2) is 94.9 Å². The highest BCUT2D eigenvalue weighted by Crippen LogP contribution is 2.33. The summed E-state index contributed by atoms with van der Waals surface area (Å²) in [6.07, 6.45) is -1.12. The SMILES string of the molecule is CC.Cc1cc(N2CCOC[C@@H]2C(C)(F)F)cc(F)c1C(=O)NC(Cc1ccc(-n2c(=O)c3ccncc3n(C)c2=O)c2ncccc12)C(=O)Oc1ccc(OC(F)(F)F)cc1. The first-order valence-electron chi connectivity index (χ1n) is 19.2. The van der Waals surface area contributed by atoms with Crippen molar-refractivity contribution in [2.75, 3.05) is 24.7 Å². The van der Waals surface area contributed by atoms with E-state index in [1.165, 1.54) is 66.3 Å². The number of anilines is 1. The molecule has 1 fully saturated rings. The van der Waals surface area contributed by atoms with E-state index in [1.807, 2.05) is 13.8 Å². The molecule has 1 saturated heterocycles. The minimum atomic E-state index is -4.98. The second-order valence-corrected chi connectivity index (χ2v) is 14.0. The maximum absolute atomic E-state index is 15.9. The third-order valence-corrected chi connectivity index (χ3v) is 9.99. The Bertz CT molecular complexity index is 2730. The molecule has 0 aliphatic carbocycles. The first-order valence-corrected chi connectivity index (χ1v) is 19.2. The van der Waals surface area contributed by atoms with E-state index in [2.05, 4.69) is 20.0 Å². The summed E-state index contributed by atoms with van der Waals surface area (Å²) in [5.41, 5.74) is -0.796. The molecular weight excluding hydrogens is 826 g/mol. The number of carbonyl (C=O) groups excluding carboxylic acids is 2. The van der Waals surface area contributed by atoms with Gasteiger partial charge in [-0.15, -0.1) is 13.2 Å². The highest BCUT2D eigenvalue weighted by molar-refractivity contribution is 5.99. The number of alkyl halides is 5. The first kappa shape index (κ1) is 44.8. The van der Waals surface area contributed by atoms with Gasteiger partial charge >= 0.3 is 18.0 Å². The third kappa shape index (κ3) is 9.41. The summed E-state index contributed by atoms with van der Waals surface area (Å²) >= 11 is 0. The maximum Gasteiger partial charge on any atom is 0.573 e. The van der Waals surface area contributed by atoms with E-state index in [9.17, 15) is 41.1 Å². The van der Waals surface area contributed by atoms with Crippen LogP contribution in [0.4, 0.5) is 32.0 Å². The van der Waals surface area contributed by atoms with Crippen LogP contribution < -0.4 is 30.9 Å². The monoisotopic (exact) mass is 866 g/mol. The number of nitrogens with zero attached hydrogens (tertiary/aromatic N) is 5. The first-order chi connectivity index (χ1) is 29.4. The number of hydrogen-bond acceptors (Lipinski definition) is 10. The van der Waals surface area contributed by atoms with Crippen molar-refractivity contribution >= 4 is 39.4 Å². The van der Waals surface area contributed by atoms with E-state index in [-0.39, 0.29) is 59.8 Å². The number of pyridine rings is 2. The van der Waals surface area contributed by atoms with Crippen LogP contribution in [-0.4, -0.2) is 75.1 Å². The van der Waals surface area contributed by atoms with Gasteiger partial charge in [-0.05, 0) is 72.6 Å². The van der Waals surface area contributed by atoms with E-state index in [0.29, 0.717) is 16.5 Å². The predicted molar refractivity (Wildman–Crippen MR) is 217 cm³/mol. The van der Waals surface area contributed by atoms with E-state index >= 15 is 4.39 Å². The molecule has 62 heavy (non-hydrogen) atoms. The molecule has 326 valence electrons. The van der Waals surface area contributed by atoms with E-state index in [4.69, 9.17) is 9.47 Å². The lowest BCUT2D eigenvalue weighted by Crippen LogP contribution is -2.54. The number of aromatic nitrogens is 4. The lowest BCUT2D eigenvalue weighted by Gasteiger charge is -2.40. The Balaban J connectivity index is 0.00000316. The molecule has 6 aromatic rings. The largest absolute Gasteiger partial charge is 0.573 e. The molecule has 1 aliphatic rings. The number of amides is 1. The van der Waals surface area contributed by atoms with Crippen molar-refractivity contribution in [2.45, 2.75) is 58.5 Å². The van der Waals surface area contributed by atoms with Gasteiger partial charge in [0.25, 0.3) is 17.4 Å². The van der Waals surface area contributed by atoms with E-state index in [0.717, 1.165) is 41.8 Å². The molecule has 1 N–H and O–H groups in total.